The summed E-state index contributed by atoms with van der Waals surface area (Å²) in [5.74, 6) is 1.82. The molecule has 0 unspecified atom stereocenters. The van der Waals surface area contributed by atoms with Gasteiger partial charge in [-0.05, 0) is 41.5 Å². The minimum absolute atomic E-state index is 0.599. The van der Waals surface area contributed by atoms with E-state index in [2.05, 4.69) is 37.9 Å². The molecule has 0 radical (unpaired) electrons. The zero-order chi connectivity index (χ0) is 23.5. The Morgan fingerprint density at radius 1 is 0.500 bits per heavy atom. The molecule has 0 saturated heterocycles. The third-order valence-corrected chi connectivity index (χ3v) is 6.19. The Hall–Kier alpha value is -3.66. The van der Waals surface area contributed by atoms with E-state index in [0.717, 1.165) is 36.8 Å². The summed E-state index contributed by atoms with van der Waals surface area (Å²) in [6, 6.07) is 33.7. The molecular weight excluding hydrogens is 552 g/mol. The van der Waals surface area contributed by atoms with Crippen LogP contribution >= 0.6 is 31.9 Å². The van der Waals surface area contributed by atoms with Crippen LogP contribution in [-0.4, -0.2) is 15.0 Å². The maximum absolute atomic E-state index is 9.03. The van der Waals surface area contributed by atoms with E-state index in [1.54, 1.807) is 0 Å². The SMILES string of the molecule is N#Cc1ccc(-c2ccc(-c3nc(-c4ccccc4)nc(-c4cc(Br)cc(Br)c4)n3)cc2)cc1. The number of nitriles is 1. The highest BCUT2D eigenvalue weighted by Crippen LogP contribution is 2.30. The molecule has 0 fully saturated rings. The van der Waals surface area contributed by atoms with Crippen LogP contribution in [0.3, 0.4) is 0 Å². The molecule has 0 atom stereocenters. The van der Waals surface area contributed by atoms with E-state index < -0.39 is 0 Å². The van der Waals surface area contributed by atoms with E-state index in [0.29, 0.717) is 23.0 Å². The normalized spacial score (nSPS) is 10.6. The molecule has 6 heteroatoms. The summed E-state index contributed by atoms with van der Waals surface area (Å²) in [6.45, 7) is 0. The molecule has 0 N–H and O–H groups in total. The fourth-order valence-corrected chi connectivity index (χ4v) is 4.88. The average molecular weight is 568 g/mol. The van der Waals surface area contributed by atoms with E-state index >= 15 is 0 Å². The van der Waals surface area contributed by atoms with Crippen LogP contribution in [0.25, 0.3) is 45.3 Å². The molecule has 0 spiro atoms. The van der Waals surface area contributed by atoms with Crippen LogP contribution in [-0.2, 0) is 0 Å². The number of aromatic nitrogens is 3. The Bertz CT molecular complexity index is 1490. The van der Waals surface area contributed by atoms with Gasteiger partial charge in [-0.1, -0.05) is 98.6 Å². The van der Waals surface area contributed by atoms with Crippen LogP contribution in [0.2, 0.25) is 0 Å². The van der Waals surface area contributed by atoms with Gasteiger partial charge in [0.05, 0.1) is 11.6 Å². The van der Waals surface area contributed by atoms with E-state index in [1.807, 2.05) is 97.1 Å². The van der Waals surface area contributed by atoms with Crippen LogP contribution in [0.5, 0.6) is 0 Å². The van der Waals surface area contributed by atoms with Gasteiger partial charge in [-0.2, -0.15) is 5.26 Å². The largest absolute Gasteiger partial charge is 0.208 e. The monoisotopic (exact) mass is 566 g/mol. The maximum Gasteiger partial charge on any atom is 0.164 e. The van der Waals surface area contributed by atoms with Gasteiger partial charge in [0.1, 0.15) is 0 Å². The Labute approximate surface area is 214 Å². The van der Waals surface area contributed by atoms with Gasteiger partial charge in [0.2, 0.25) is 0 Å². The van der Waals surface area contributed by atoms with Crippen molar-refractivity contribution in [3.8, 4) is 51.4 Å². The number of hydrogen-bond donors (Lipinski definition) is 0. The summed E-state index contributed by atoms with van der Waals surface area (Å²) < 4.78 is 1.87. The molecule has 1 heterocycles. The summed E-state index contributed by atoms with van der Waals surface area (Å²) in [5, 5.41) is 9.03. The Morgan fingerprint density at radius 2 is 0.941 bits per heavy atom. The van der Waals surface area contributed by atoms with Crippen LogP contribution < -0.4 is 0 Å². The number of halogens is 2. The Kier molecular flexibility index (Phi) is 6.31. The van der Waals surface area contributed by atoms with Crippen molar-refractivity contribution in [1.82, 2.24) is 15.0 Å². The minimum atomic E-state index is 0.599. The third kappa shape index (κ3) is 4.81. The van der Waals surface area contributed by atoms with Crippen molar-refractivity contribution in [2.24, 2.45) is 0 Å². The summed E-state index contributed by atoms with van der Waals surface area (Å²) in [4.78, 5) is 14.4. The lowest BCUT2D eigenvalue weighted by Crippen LogP contribution is -2.00. The van der Waals surface area contributed by atoms with Crippen LogP contribution in [0.15, 0.2) is 106 Å². The van der Waals surface area contributed by atoms with Crippen molar-refractivity contribution >= 4 is 31.9 Å². The standard InChI is InChI=1S/C28H16Br2N4/c29-24-14-23(15-25(30)16-24)28-33-26(21-4-2-1-3-5-21)32-27(34-28)22-12-10-20(11-13-22)19-8-6-18(17-31)7-9-19/h1-16H. The molecule has 1 aromatic heterocycles. The molecule has 0 aliphatic rings. The number of benzene rings is 4. The lowest BCUT2D eigenvalue weighted by atomic mass is 10.0. The van der Waals surface area contributed by atoms with Gasteiger partial charge in [-0.25, -0.2) is 15.0 Å². The molecule has 5 aromatic rings. The zero-order valence-electron chi connectivity index (χ0n) is 17.8. The second kappa shape index (κ2) is 9.68. The smallest absolute Gasteiger partial charge is 0.164 e. The molecular formula is C28H16Br2N4. The highest BCUT2D eigenvalue weighted by Gasteiger charge is 2.13. The number of rotatable bonds is 4. The molecule has 162 valence electrons. The van der Waals surface area contributed by atoms with Crippen LogP contribution in [0.4, 0.5) is 0 Å². The number of hydrogen-bond acceptors (Lipinski definition) is 4. The molecule has 0 aliphatic heterocycles. The first-order valence-corrected chi connectivity index (χ1v) is 12.1. The molecule has 4 aromatic carbocycles. The first kappa shape index (κ1) is 22.1. The van der Waals surface area contributed by atoms with E-state index in [9.17, 15) is 0 Å². The quantitative estimate of drug-likeness (QED) is 0.221. The average Bonchev–Trinajstić information content (AvgIpc) is 2.88. The topological polar surface area (TPSA) is 62.5 Å². The van der Waals surface area contributed by atoms with Gasteiger partial charge in [0, 0.05) is 25.6 Å². The molecule has 0 bridgehead atoms. The van der Waals surface area contributed by atoms with E-state index in [4.69, 9.17) is 20.2 Å². The Morgan fingerprint density at radius 3 is 1.47 bits per heavy atom. The highest BCUT2D eigenvalue weighted by atomic mass is 79.9. The zero-order valence-corrected chi connectivity index (χ0v) is 21.0. The third-order valence-electron chi connectivity index (χ3n) is 5.28. The van der Waals surface area contributed by atoms with Crippen molar-refractivity contribution in [2.75, 3.05) is 0 Å². The minimum Gasteiger partial charge on any atom is -0.208 e. The number of nitrogens with zero attached hydrogens (tertiary/aromatic N) is 4. The van der Waals surface area contributed by atoms with Gasteiger partial charge < -0.3 is 0 Å². The van der Waals surface area contributed by atoms with Gasteiger partial charge in [0.25, 0.3) is 0 Å². The van der Waals surface area contributed by atoms with Crippen molar-refractivity contribution in [3.05, 3.63) is 112 Å². The fraction of sp³-hybridized carbons (Fsp3) is 0. The predicted molar refractivity (Wildman–Crippen MR) is 142 cm³/mol. The summed E-state index contributed by atoms with van der Waals surface area (Å²) >= 11 is 7.11. The van der Waals surface area contributed by atoms with Gasteiger partial charge in [0.15, 0.2) is 17.5 Å². The molecule has 4 nitrogen and oxygen atoms in total. The molecule has 5 rings (SSSR count). The lowest BCUT2D eigenvalue weighted by molar-refractivity contribution is 1.07. The van der Waals surface area contributed by atoms with Gasteiger partial charge in [-0.3, -0.25) is 0 Å². The van der Waals surface area contributed by atoms with Crippen LogP contribution in [0, 0.1) is 11.3 Å². The summed E-state index contributed by atoms with van der Waals surface area (Å²) in [7, 11) is 0. The predicted octanol–water partition coefficient (Wildman–Crippen LogP) is 7.94. The van der Waals surface area contributed by atoms with Crippen molar-refractivity contribution in [2.45, 2.75) is 0 Å². The highest BCUT2D eigenvalue weighted by molar-refractivity contribution is 9.11. The first-order chi connectivity index (χ1) is 16.6. The molecule has 0 saturated carbocycles. The van der Waals surface area contributed by atoms with Gasteiger partial charge in [-0.15, -0.1) is 0 Å². The van der Waals surface area contributed by atoms with Crippen molar-refractivity contribution in [1.29, 1.82) is 5.26 Å². The summed E-state index contributed by atoms with van der Waals surface area (Å²) in [5.41, 5.74) is 5.46. The second-order valence-electron chi connectivity index (χ2n) is 7.60. The molecule has 0 amide bonds. The molecule has 34 heavy (non-hydrogen) atoms. The van der Waals surface area contributed by atoms with E-state index in [1.165, 1.54) is 0 Å². The molecule has 0 aliphatic carbocycles. The van der Waals surface area contributed by atoms with Crippen molar-refractivity contribution < 1.29 is 0 Å². The van der Waals surface area contributed by atoms with Crippen LogP contribution in [0.1, 0.15) is 5.56 Å². The second-order valence-corrected chi connectivity index (χ2v) is 9.43. The Balaban J connectivity index is 1.59. The summed E-state index contributed by atoms with van der Waals surface area (Å²) in [6.07, 6.45) is 0. The maximum atomic E-state index is 9.03. The van der Waals surface area contributed by atoms with E-state index in [-0.39, 0.29) is 0 Å². The van der Waals surface area contributed by atoms with Gasteiger partial charge >= 0.3 is 0 Å². The first-order valence-electron chi connectivity index (χ1n) is 10.5. The fourth-order valence-electron chi connectivity index (χ4n) is 3.58. The lowest BCUT2D eigenvalue weighted by Gasteiger charge is -2.10. The van der Waals surface area contributed by atoms with Crippen molar-refractivity contribution in [3.63, 3.8) is 0 Å².